The summed E-state index contributed by atoms with van der Waals surface area (Å²) in [7, 11) is 1.96. The number of rotatable bonds is 5. The Kier molecular flexibility index (Phi) is 5.23. The van der Waals surface area contributed by atoms with Crippen LogP contribution in [0.25, 0.3) is 0 Å². The molecule has 1 aromatic rings. The molecule has 0 radical (unpaired) electrons. The van der Waals surface area contributed by atoms with Gasteiger partial charge in [0.05, 0.1) is 5.02 Å². The van der Waals surface area contributed by atoms with Crippen LogP contribution in [0.5, 0.6) is 0 Å². The van der Waals surface area contributed by atoms with E-state index in [1.54, 1.807) is 12.1 Å². The summed E-state index contributed by atoms with van der Waals surface area (Å²) >= 11 is 5.75. The lowest BCUT2D eigenvalue weighted by Crippen LogP contribution is -2.29. The average Bonchev–Trinajstić information content (AvgIpc) is 2.22. The maximum absolute atomic E-state index is 13.0. The van der Waals surface area contributed by atoms with E-state index < -0.39 is 0 Å². The van der Waals surface area contributed by atoms with E-state index in [-0.39, 0.29) is 10.8 Å². The van der Waals surface area contributed by atoms with Crippen molar-refractivity contribution in [3.05, 3.63) is 34.6 Å². The SMILES string of the molecule is CNC(Cc1ccc(F)c(Cl)c1)CC(C)C. The molecule has 3 heteroatoms. The highest BCUT2D eigenvalue weighted by atomic mass is 35.5. The van der Waals surface area contributed by atoms with Gasteiger partial charge in [0.1, 0.15) is 5.82 Å². The second-order valence-electron chi connectivity index (χ2n) is 4.57. The highest BCUT2D eigenvalue weighted by molar-refractivity contribution is 6.30. The molecule has 0 aliphatic rings. The molecule has 0 spiro atoms. The number of hydrogen-bond acceptors (Lipinski definition) is 1. The van der Waals surface area contributed by atoms with E-state index in [1.165, 1.54) is 6.07 Å². The summed E-state index contributed by atoms with van der Waals surface area (Å²) in [5.74, 6) is 0.295. The molecule has 0 saturated heterocycles. The monoisotopic (exact) mass is 243 g/mol. The van der Waals surface area contributed by atoms with Crippen LogP contribution in [0.4, 0.5) is 4.39 Å². The topological polar surface area (TPSA) is 12.0 Å². The molecule has 0 aliphatic heterocycles. The smallest absolute Gasteiger partial charge is 0.141 e. The maximum atomic E-state index is 13.0. The van der Waals surface area contributed by atoms with Gasteiger partial charge in [-0.25, -0.2) is 4.39 Å². The summed E-state index contributed by atoms with van der Waals surface area (Å²) in [5.41, 5.74) is 1.08. The Labute approximate surface area is 102 Å². The molecule has 1 N–H and O–H groups in total. The van der Waals surface area contributed by atoms with Crippen LogP contribution in [0.2, 0.25) is 5.02 Å². The summed E-state index contributed by atoms with van der Waals surface area (Å²) in [6.45, 7) is 4.39. The largest absolute Gasteiger partial charge is 0.317 e. The molecule has 1 nitrogen and oxygen atoms in total. The van der Waals surface area contributed by atoms with Gasteiger partial charge < -0.3 is 5.32 Å². The third-order valence-corrected chi connectivity index (χ3v) is 2.92. The van der Waals surface area contributed by atoms with Crippen molar-refractivity contribution >= 4 is 11.6 Å². The Morgan fingerprint density at radius 1 is 1.38 bits per heavy atom. The van der Waals surface area contributed by atoms with E-state index in [9.17, 15) is 4.39 Å². The number of nitrogens with one attached hydrogen (secondary N) is 1. The first-order valence-corrected chi connectivity index (χ1v) is 6.02. The fraction of sp³-hybridized carbons (Fsp3) is 0.538. The van der Waals surface area contributed by atoms with Crippen LogP contribution in [0, 0.1) is 11.7 Å². The summed E-state index contributed by atoms with van der Waals surface area (Å²) in [4.78, 5) is 0. The van der Waals surface area contributed by atoms with Gasteiger partial charge in [-0.1, -0.05) is 31.5 Å². The van der Waals surface area contributed by atoms with Crippen molar-refractivity contribution in [2.24, 2.45) is 5.92 Å². The van der Waals surface area contributed by atoms with Gasteiger partial charge in [-0.15, -0.1) is 0 Å². The third kappa shape index (κ3) is 4.11. The van der Waals surface area contributed by atoms with Gasteiger partial charge in [-0.05, 0) is 43.5 Å². The minimum absolute atomic E-state index is 0.205. The molecular formula is C13H19ClFN. The summed E-state index contributed by atoms with van der Waals surface area (Å²) < 4.78 is 13.0. The van der Waals surface area contributed by atoms with Gasteiger partial charge in [0.15, 0.2) is 0 Å². The molecule has 0 saturated carbocycles. The first-order chi connectivity index (χ1) is 7.52. The van der Waals surface area contributed by atoms with E-state index in [2.05, 4.69) is 19.2 Å². The zero-order valence-electron chi connectivity index (χ0n) is 10.1. The Hall–Kier alpha value is -0.600. The van der Waals surface area contributed by atoms with Gasteiger partial charge >= 0.3 is 0 Å². The molecule has 0 bridgehead atoms. The van der Waals surface area contributed by atoms with Crippen molar-refractivity contribution in [1.29, 1.82) is 0 Å². The first-order valence-electron chi connectivity index (χ1n) is 5.64. The molecule has 0 aliphatic carbocycles. The highest BCUT2D eigenvalue weighted by Gasteiger charge is 2.10. The van der Waals surface area contributed by atoms with Crippen LogP contribution in [-0.2, 0) is 6.42 Å². The molecule has 90 valence electrons. The lowest BCUT2D eigenvalue weighted by atomic mass is 9.97. The Balaban J connectivity index is 2.66. The van der Waals surface area contributed by atoms with Gasteiger partial charge in [-0.2, -0.15) is 0 Å². The summed E-state index contributed by atoms with van der Waals surface area (Å²) in [6, 6.07) is 5.36. The Bertz CT molecular complexity index is 339. The molecular weight excluding hydrogens is 225 g/mol. The zero-order valence-corrected chi connectivity index (χ0v) is 10.8. The molecule has 0 amide bonds. The third-order valence-electron chi connectivity index (χ3n) is 2.63. The lowest BCUT2D eigenvalue weighted by molar-refractivity contribution is 0.441. The number of hydrogen-bond donors (Lipinski definition) is 1. The normalized spacial score (nSPS) is 13.1. The Morgan fingerprint density at radius 3 is 2.56 bits per heavy atom. The average molecular weight is 244 g/mol. The fourth-order valence-electron chi connectivity index (χ4n) is 1.82. The van der Waals surface area contributed by atoms with E-state index in [0.717, 1.165) is 18.4 Å². The zero-order chi connectivity index (χ0) is 12.1. The number of likely N-dealkylation sites (N-methyl/N-ethyl adjacent to an activating group) is 1. The summed E-state index contributed by atoms with van der Waals surface area (Å²) in [5, 5.41) is 3.48. The fourth-order valence-corrected chi connectivity index (χ4v) is 2.03. The van der Waals surface area contributed by atoms with Gasteiger partial charge in [0, 0.05) is 6.04 Å². The van der Waals surface area contributed by atoms with Crippen molar-refractivity contribution in [1.82, 2.24) is 5.32 Å². The van der Waals surface area contributed by atoms with Crippen LogP contribution >= 0.6 is 11.6 Å². The van der Waals surface area contributed by atoms with Crippen molar-refractivity contribution in [2.45, 2.75) is 32.7 Å². The van der Waals surface area contributed by atoms with E-state index in [0.29, 0.717) is 12.0 Å². The van der Waals surface area contributed by atoms with Gasteiger partial charge in [-0.3, -0.25) is 0 Å². The van der Waals surface area contributed by atoms with Crippen LogP contribution in [0.3, 0.4) is 0 Å². The van der Waals surface area contributed by atoms with E-state index in [4.69, 9.17) is 11.6 Å². The Morgan fingerprint density at radius 2 is 2.06 bits per heavy atom. The predicted molar refractivity (Wildman–Crippen MR) is 67.4 cm³/mol. The predicted octanol–water partition coefficient (Wildman–Crippen LogP) is 3.66. The van der Waals surface area contributed by atoms with Crippen LogP contribution in [-0.4, -0.2) is 13.1 Å². The minimum Gasteiger partial charge on any atom is -0.317 e. The second-order valence-corrected chi connectivity index (χ2v) is 4.97. The molecule has 1 atom stereocenters. The van der Waals surface area contributed by atoms with Gasteiger partial charge in [0.25, 0.3) is 0 Å². The molecule has 0 aromatic heterocycles. The van der Waals surface area contributed by atoms with Crippen LogP contribution in [0.15, 0.2) is 18.2 Å². The van der Waals surface area contributed by atoms with Crippen molar-refractivity contribution in [2.75, 3.05) is 7.05 Å². The van der Waals surface area contributed by atoms with Crippen LogP contribution in [0.1, 0.15) is 25.8 Å². The van der Waals surface area contributed by atoms with E-state index >= 15 is 0 Å². The number of halogens is 2. The lowest BCUT2D eigenvalue weighted by Gasteiger charge is -2.18. The second kappa shape index (κ2) is 6.21. The van der Waals surface area contributed by atoms with Gasteiger partial charge in [0.2, 0.25) is 0 Å². The summed E-state index contributed by atoms with van der Waals surface area (Å²) in [6.07, 6.45) is 1.99. The van der Waals surface area contributed by atoms with Crippen molar-refractivity contribution in [3.8, 4) is 0 Å². The standard InChI is InChI=1S/C13H19ClFN/c1-9(2)6-11(16-3)7-10-4-5-13(15)12(14)8-10/h4-5,8-9,11,16H,6-7H2,1-3H3. The molecule has 1 rings (SSSR count). The molecule has 0 fully saturated rings. The molecule has 0 heterocycles. The van der Waals surface area contributed by atoms with Crippen molar-refractivity contribution in [3.63, 3.8) is 0 Å². The highest BCUT2D eigenvalue weighted by Crippen LogP contribution is 2.18. The first kappa shape index (κ1) is 13.5. The quantitative estimate of drug-likeness (QED) is 0.832. The molecule has 16 heavy (non-hydrogen) atoms. The van der Waals surface area contributed by atoms with E-state index in [1.807, 2.05) is 7.05 Å². The molecule has 1 aromatic carbocycles. The molecule has 1 unspecified atom stereocenters. The minimum atomic E-state index is -0.352. The maximum Gasteiger partial charge on any atom is 0.141 e. The van der Waals surface area contributed by atoms with Crippen LogP contribution < -0.4 is 5.32 Å². The number of benzene rings is 1. The van der Waals surface area contributed by atoms with Crippen molar-refractivity contribution < 1.29 is 4.39 Å².